The SMILES string of the molecule is C#CC1C(=O)CCC(=O)/C1=C/C.C=CC.CC. The van der Waals surface area contributed by atoms with Crippen LogP contribution in [0.1, 0.15) is 40.5 Å². The molecule has 2 heteroatoms. The Morgan fingerprint density at radius 1 is 1.29 bits per heavy atom. The second kappa shape index (κ2) is 10.9. The van der Waals surface area contributed by atoms with E-state index in [0.717, 1.165) is 0 Å². The summed E-state index contributed by atoms with van der Waals surface area (Å²) in [6.07, 6.45) is 9.16. The van der Waals surface area contributed by atoms with Crippen LogP contribution in [0.25, 0.3) is 0 Å². The number of allylic oxidation sites excluding steroid dienone is 3. The fraction of sp³-hybridized carbons (Fsp3) is 0.467. The van der Waals surface area contributed by atoms with Crippen LogP contribution in [-0.4, -0.2) is 11.6 Å². The van der Waals surface area contributed by atoms with Crippen molar-refractivity contribution in [2.45, 2.75) is 40.5 Å². The van der Waals surface area contributed by atoms with Crippen LogP contribution >= 0.6 is 0 Å². The number of hydrogen-bond donors (Lipinski definition) is 0. The van der Waals surface area contributed by atoms with Crippen molar-refractivity contribution in [3.63, 3.8) is 0 Å². The summed E-state index contributed by atoms with van der Waals surface area (Å²) < 4.78 is 0. The lowest BCUT2D eigenvalue weighted by atomic mass is 9.83. The molecule has 0 aliphatic heterocycles. The number of ketones is 2. The smallest absolute Gasteiger partial charge is 0.160 e. The van der Waals surface area contributed by atoms with Crippen LogP contribution in [0.2, 0.25) is 0 Å². The lowest BCUT2D eigenvalue weighted by Crippen LogP contribution is -2.26. The number of Topliss-reactive ketones (excluding diaryl/α,β-unsaturated/α-hetero) is 2. The van der Waals surface area contributed by atoms with Gasteiger partial charge in [-0.05, 0) is 13.8 Å². The molecule has 0 spiro atoms. The van der Waals surface area contributed by atoms with Crippen molar-refractivity contribution in [1.82, 2.24) is 0 Å². The van der Waals surface area contributed by atoms with Crippen molar-refractivity contribution >= 4 is 11.6 Å². The van der Waals surface area contributed by atoms with E-state index in [1.165, 1.54) is 0 Å². The molecule has 0 aromatic heterocycles. The molecule has 0 aromatic carbocycles. The molecule has 1 rings (SSSR count). The Morgan fingerprint density at radius 2 is 1.76 bits per heavy atom. The lowest BCUT2D eigenvalue weighted by molar-refractivity contribution is -0.127. The van der Waals surface area contributed by atoms with Crippen LogP contribution in [0.5, 0.6) is 0 Å². The second-order valence-electron chi connectivity index (χ2n) is 3.14. The van der Waals surface area contributed by atoms with Crippen LogP contribution in [-0.2, 0) is 9.59 Å². The standard InChI is InChI=1S/C10H10O2.C3H6.C2H6/c1-3-7-8(4-2)10(12)6-5-9(7)11;1-3-2;1-2/h1,4,7H,5-6H2,2H3;3H,1H2,2H3;1-2H3/b8-4+;;. The molecule has 1 unspecified atom stereocenters. The van der Waals surface area contributed by atoms with E-state index in [9.17, 15) is 9.59 Å². The van der Waals surface area contributed by atoms with Crippen molar-refractivity contribution in [2.24, 2.45) is 5.92 Å². The number of terminal acetylenes is 1. The van der Waals surface area contributed by atoms with Crippen molar-refractivity contribution in [3.05, 3.63) is 24.3 Å². The average Bonchev–Trinajstić information content (AvgIpc) is 2.35. The molecule has 0 radical (unpaired) electrons. The zero-order valence-electron chi connectivity index (χ0n) is 11.2. The van der Waals surface area contributed by atoms with Crippen molar-refractivity contribution in [2.75, 3.05) is 0 Å². The minimum atomic E-state index is -0.587. The minimum Gasteiger partial charge on any atom is -0.298 e. The van der Waals surface area contributed by atoms with E-state index in [-0.39, 0.29) is 11.6 Å². The monoisotopic (exact) mass is 234 g/mol. The van der Waals surface area contributed by atoms with Crippen LogP contribution in [0.15, 0.2) is 24.3 Å². The fourth-order valence-corrected chi connectivity index (χ4v) is 1.37. The summed E-state index contributed by atoms with van der Waals surface area (Å²) >= 11 is 0. The van der Waals surface area contributed by atoms with Gasteiger partial charge in [-0.3, -0.25) is 9.59 Å². The maximum atomic E-state index is 11.2. The quantitative estimate of drug-likeness (QED) is 0.366. The number of rotatable bonds is 0. The van der Waals surface area contributed by atoms with Gasteiger partial charge in [-0.25, -0.2) is 0 Å². The molecule has 0 heterocycles. The first-order valence-corrected chi connectivity index (χ1v) is 5.87. The Balaban J connectivity index is 0. The summed E-state index contributed by atoms with van der Waals surface area (Å²) in [5, 5.41) is 0. The van der Waals surface area contributed by atoms with Crippen LogP contribution < -0.4 is 0 Å². The summed E-state index contributed by atoms with van der Waals surface area (Å²) in [7, 11) is 0. The molecule has 1 saturated carbocycles. The topological polar surface area (TPSA) is 34.1 Å². The lowest BCUT2D eigenvalue weighted by Gasteiger charge is -2.17. The Bertz CT molecular complexity index is 329. The molecule has 1 aliphatic carbocycles. The van der Waals surface area contributed by atoms with Gasteiger partial charge in [-0.15, -0.1) is 13.0 Å². The molecule has 1 aliphatic rings. The Morgan fingerprint density at radius 3 is 2.06 bits per heavy atom. The molecular weight excluding hydrogens is 212 g/mol. The molecule has 0 saturated heterocycles. The second-order valence-corrected chi connectivity index (χ2v) is 3.14. The van der Waals surface area contributed by atoms with Gasteiger partial charge in [0.15, 0.2) is 11.6 Å². The summed E-state index contributed by atoms with van der Waals surface area (Å²) in [5.74, 6) is 1.76. The Labute approximate surface area is 105 Å². The zero-order valence-corrected chi connectivity index (χ0v) is 11.2. The van der Waals surface area contributed by atoms with E-state index < -0.39 is 5.92 Å². The highest BCUT2D eigenvalue weighted by Crippen LogP contribution is 2.22. The molecular formula is C15H22O2. The predicted octanol–water partition coefficient (Wildman–Crippen LogP) is 3.33. The van der Waals surface area contributed by atoms with Gasteiger partial charge >= 0.3 is 0 Å². The Kier molecular flexibility index (Phi) is 11.4. The molecule has 0 aromatic rings. The molecule has 94 valence electrons. The molecule has 1 atom stereocenters. The van der Waals surface area contributed by atoms with E-state index in [0.29, 0.717) is 18.4 Å². The first kappa shape index (κ1) is 17.8. The van der Waals surface area contributed by atoms with E-state index in [1.807, 2.05) is 20.8 Å². The highest BCUT2D eigenvalue weighted by atomic mass is 16.1. The van der Waals surface area contributed by atoms with E-state index >= 15 is 0 Å². The molecule has 0 bridgehead atoms. The van der Waals surface area contributed by atoms with E-state index in [4.69, 9.17) is 6.42 Å². The maximum Gasteiger partial charge on any atom is 0.160 e. The third-order valence-electron chi connectivity index (χ3n) is 2.03. The summed E-state index contributed by atoms with van der Waals surface area (Å²) in [4.78, 5) is 22.4. The van der Waals surface area contributed by atoms with E-state index in [1.54, 1.807) is 19.1 Å². The molecule has 1 fully saturated rings. The predicted molar refractivity (Wildman–Crippen MR) is 72.5 cm³/mol. The first-order chi connectivity index (χ1) is 8.12. The van der Waals surface area contributed by atoms with Gasteiger partial charge in [0.1, 0.15) is 5.92 Å². The Hall–Kier alpha value is -1.62. The third kappa shape index (κ3) is 5.87. The third-order valence-corrected chi connectivity index (χ3v) is 2.03. The summed E-state index contributed by atoms with van der Waals surface area (Å²) in [5.41, 5.74) is 0.494. The summed E-state index contributed by atoms with van der Waals surface area (Å²) in [6.45, 7) is 11.0. The van der Waals surface area contributed by atoms with Gasteiger partial charge in [-0.2, -0.15) is 0 Å². The summed E-state index contributed by atoms with van der Waals surface area (Å²) in [6, 6.07) is 0. The van der Waals surface area contributed by atoms with Crippen molar-refractivity contribution in [3.8, 4) is 12.3 Å². The molecule has 17 heavy (non-hydrogen) atoms. The highest BCUT2D eigenvalue weighted by molar-refractivity contribution is 6.08. The van der Waals surface area contributed by atoms with Gasteiger partial charge in [0.05, 0.1) is 0 Å². The first-order valence-electron chi connectivity index (χ1n) is 5.87. The highest BCUT2D eigenvalue weighted by Gasteiger charge is 2.29. The van der Waals surface area contributed by atoms with Gasteiger partial charge in [0.25, 0.3) is 0 Å². The fourth-order valence-electron chi connectivity index (χ4n) is 1.37. The number of carbonyl (C=O) groups excluding carboxylic acids is 2. The zero-order chi connectivity index (χ0) is 13.8. The number of hydrogen-bond acceptors (Lipinski definition) is 2. The van der Waals surface area contributed by atoms with Gasteiger partial charge < -0.3 is 0 Å². The van der Waals surface area contributed by atoms with Crippen LogP contribution in [0, 0.1) is 18.3 Å². The van der Waals surface area contributed by atoms with E-state index in [2.05, 4.69) is 12.5 Å². The molecule has 0 amide bonds. The van der Waals surface area contributed by atoms with Gasteiger partial charge in [0, 0.05) is 18.4 Å². The van der Waals surface area contributed by atoms with Crippen molar-refractivity contribution < 1.29 is 9.59 Å². The minimum absolute atomic E-state index is 0.00907. The van der Waals surface area contributed by atoms with Crippen LogP contribution in [0.4, 0.5) is 0 Å². The van der Waals surface area contributed by atoms with Crippen molar-refractivity contribution in [1.29, 1.82) is 0 Å². The van der Waals surface area contributed by atoms with Crippen LogP contribution in [0.3, 0.4) is 0 Å². The maximum absolute atomic E-state index is 11.2. The normalized spacial score (nSPS) is 20.4. The average molecular weight is 234 g/mol. The largest absolute Gasteiger partial charge is 0.298 e. The van der Waals surface area contributed by atoms with Gasteiger partial charge in [-0.1, -0.05) is 31.9 Å². The molecule has 2 nitrogen and oxygen atoms in total. The number of carbonyl (C=O) groups is 2. The molecule has 0 N–H and O–H groups in total. The van der Waals surface area contributed by atoms with Gasteiger partial charge in [0.2, 0.25) is 0 Å².